The van der Waals surface area contributed by atoms with E-state index in [0.717, 1.165) is 31.6 Å². The molecule has 6 heteroatoms. The second-order valence-corrected chi connectivity index (χ2v) is 4.00. The lowest BCUT2D eigenvalue weighted by atomic mass is 10.1. The molecule has 2 heterocycles. The van der Waals surface area contributed by atoms with Gasteiger partial charge in [-0.25, -0.2) is 0 Å². The molecule has 16 heavy (non-hydrogen) atoms. The predicted molar refractivity (Wildman–Crippen MR) is 65.0 cm³/mol. The van der Waals surface area contributed by atoms with Gasteiger partial charge in [0.1, 0.15) is 0 Å². The van der Waals surface area contributed by atoms with E-state index >= 15 is 0 Å². The zero-order valence-electron chi connectivity index (χ0n) is 8.86. The minimum Gasteiger partial charge on any atom is -0.372 e. The molecule has 1 aromatic heterocycles. The van der Waals surface area contributed by atoms with Gasteiger partial charge < -0.3 is 10.1 Å². The molecule has 0 atom stereocenters. The summed E-state index contributed by atoms with van der Waals surface area (Å²) in [6.45, 7) is 2.60. The maximum atomic E-state index is 5.72. The number of halogens is 2. The Hall–Kier alpha value is -0.420. The van der Waals surface area contributed by atoms with E-state index in [1.165, 1.54) is 0 Å². The highest BCUT2D eigenvalue weighted by molar-refractivity contribution is 6.29. The zero-order valence-corrected chi connectivity index (χ0v) is 10.4. The van der Waals surface area contributed by atoms with Crippen molar-refractivity contribution in [3.63, 3.8) is 0 Å². The molecular weight excluding hydrogens is 249 g/mol. The lowest BCUT2D eigenvalue weighted by Gasteiger charge is -2.22. The van der Waals surface area contributed by atoms with Crippen molar-refractivity contribution in [3.05, 3.63) is 23.0 Å². The van der Waals surface area contributed by atoms with E-state index in [2.05, 4.69) is 15.5 Å². The van der Waals surface area contributed by atoms with Gasteiger partial charge in [0.2, 0.25) is 0 Å². The Morgan fingerprint density at radius 2 is 2.06 bits per heavy atom. The number of ether oxygens (including phenoxy) is 1. The molecule has 0 amide bonds. The summed E-state index contributed by atoms with van der Waals surface area (Å²) >= 11 is 5.64. The lowest BCUT2D eigenvalue weighted by Crippen LogP contribution is -2.32. The molecule has 1 aliphatic rings. The maximum Gasteiger partial charge on any atom is 0.151 e. The van der Waals surface area contributed by atoms with Crippen molar-refractivity contribution in [3.8, 4) is 0 Å². The smallest absolute Gasteiger partial charge is 0.151 e. The monoisotopic (exact) mass is 263 g/mol. The first-order valence-corrected chi connectivity index (χ1v) is 5.53. The summed E-state index contributed by atoms with van der Waals surface area (Å²) in [7, 11) is 0. The number of hydrogen-bond acceptors (Lipinski definition) is 4. The minimum atomic E-state index is 0. The Bertz CT molecular complexity index is 301. The fraction of sp³-hybridized carbons (Fsp3) is 0.600. The normalized spacial score (nSPS) is 16.8. The van der Waals surface area contributed by atoms with Crippen LogP contribution in [0.2, 0.25) is 5.15 Å². The van der Waals surface area contributed by atoms with Gasteiger partial charge in [0.15, 0.2) is 5.15 Å². The van der Waals surface area contributed by atoms with Crippen LogP contribution in [0.5, 0.6) is 0 Å². The molecule has 0 saturated carbocycles. The lowest BCUT2D eigenvalue weighted by molar-refractivity contribution is 0.0192. The topological polar surface area (TPSA) is 47.0 Å². The summed E-state index contributed by atoms with van der Waals surface area (Å²) in [6, 6.07) is 3.58. The third kappa shape index (κ3) is 4.22. The van der Waals surface area contributed by atoms with Crippen LogP contribution in [0.1, 0.15) is 18.5 Å². The number of aromatic nitrogens is 2. The van der Waals surface area contributed by atoms with Gasteiger partial charge in [-0.05, 0) is 38.1 Å². The zero-order chi connectivity index (χ0) is 10.5. The summed E-state index contributed by atoms with van der Waals surface area (Å²) in [4.78, 5) is 0. The molecule has 0 radical (unpaired) electrons. The first-order valence-electron chi connectivity index (χ1n) is 5.15. The largest absolute Gasteiger partial charge is 0.372 e. The molecule has 1 fully saturated rings. The summed E-state index contributed by atoms with van der Waals surface area (Å²) in [5.74, 6) is 0. The predicted octanol–water partition coefficient (Wildman–Crippen LogP) is 1.82. The van der Waals surface area contributed by atoms with Gasteiger partial charge in [-0.2, -0.15) is 5.10 Å². The number of piperidine rings is 1. The molecule has 1 saturated heterocycles. The molecule has 2 rings (SSSR count). The second-order valence-electron chi connectivity index (χ2n) is 3.61. The van der Waals surface area contributed by atoms with Crippen LogP contribution in [0.15, 0.2) is 12.1 Å². The van der Waals surface area contributed by atoms with Crippen molar-refractivity contribution in [2.45, 2.75) is 25.6 Å². The highest BCUT2D eigenvalue weighted by Gasteiger charge is 2.13. The van der Waals surface area contributed by atoms with E-state index in [4.69, 9.17) is 16.3 Å². The summed E-state index contributed by atoms with van der Waals surface area (Å²) in [5, 5.41) is 11.4. The van der Waals surface area contributed by atoms with E-state index < -0.39 is 0 Å². The minimum absolute atomic E-state index is 0. The van der Waals surface area contributed by atoms with Gasteiger partial charge >= 0.3 is 0 Å². The fourth-order valence-electron chi connectivity index (χ4n) is 1.59. The standard InChI is InChI=1S/C10H14ClN3O.ClH/c11-10-2-1-8(13-14-10)7-15-9-3-5-12-6-4-9;/h1-2,9,12H,3-7H2;1H. The van der Waals surface area contributed by atoms with Crippen LogP contribution >= 0.6 is 24.0 Å². The SMILES string of the molecule is Cl.Clc1ccc(COC2CCNCC2)nn1. The van der Waals surface area contributed by atoms with Crippen LogP contribution in [0, 0.1) is 0 Å². The van der Waals surface area contributed by atoms with Crippen LogP contribution < -0.4 is 5.32 Å². The summed E-state index contributed by atoms with van der Waals surface area (Å²) < 4.78 is 5.72. The number of rotatable bonds is 3. The molecule has 0 bridgehead atoms. The number of nitrogens with one attached hydrogen (secondary N) is 1. The average Bonchev–Trinajstić information content (AvgIpc) is 2.30. The first kappa shape index (κ1) is 13.6. The summed E-state index contributed by atoms with van der Waals surface area (Å²) in [5.41, 5.74) is 0.831. The Morgan fingerprint density at radius 1 is 1.31 bits per heavy atom. The molecule has 1 aliphatic heterocycles. The molecule has 0 spiro atoms. The molecule has 0 aromatic carbocycles. The van der Waals surface area contributed by atoms with Crippen LogP contribution in [0.4, 0.5) is 0 Å². The van der Waals surface area contributed by atoms with Crippen LogP contribution in [-0.4, -0.2) is 29.4 Å². The molecular formula is C10H15Cl2N3O. The average molecular weight is 264 g/mol. The van der Waals surface area contributed by atoms with Gasteiger partial charge in [0.05, 0.1) is 18.4 Å². The van der Waals surface area contributed by atoms with E-state index in [1.54, 1.807) is 6.07 Å². The van der Waals surface area contributed by atoms with Crippen molar-refractivity contribution in [2.75, 3.05) is 13.1 Å². The van der Waals surface area contributed by atoms with E-state index in [9.17, 15) is 0 Å². The number of hydrogen-bond donors (Lipinski definition) is 1. The number of nitrogens with zero attached hydrogens (tertiary/aromatic N) is 2. The Balaban J connectivity index is 0.00000128. The van der Waals surface area contributed by atoms with Gasteiger partial charge in [-0.3, -0.25) is 0 Å². The van der Waals surface area contributed by atoms with Crippen molar-refractivity contribution in [2.24, 2.45) is 0 Å². The van der Waals surface area contributed by atoms with Crippen LogP contribution in [0.25, 0.3) is 0 Å². The molecule has 1 aromatic rings. The van der Waals surface area contributed by atoms with E-state index in [-0.39, 0.29) is 12.4 Å². The fourth-order valence-corrected chi connectivity index (χ4v) is 1.69. The van der Waals surface area contributed by atoms with Crippen molar-refractivity contribution >= 4 is 24.0 Å². The van der Waals surface area contributed by atoms with E-state index in [0.29, 0.717) is 17.9 Å². The van der Waals surface area contributed by atoms with Crippen molar-refractivity contribution in [1.82, 2.24) is 15.5 Å². The third-order valence-electron chi connectivity index (χ3n) is 2.44. The van der Waals surface area contributed by atoms with Gasteiger partial charge in [0.25, 0.3) is 0 Å². The van der Waals surface area contributed by atoms with Gasteiger partial charge in [-0.1, -0.05) is 11.6 Å². The van der Waals surface area contributed by atoms with Crippen LogP contribution in [0.3, 0.4) is 0 Å². The van der Waals surface area contributed by atoms with E-state index in [1.807, 2.05) is 6.07 Å². The third-order valence-corrected chi connectivity index (χ3v) is 2.64. The molecule has 0 aliphatic carbocycles. The summed E-state index contributed by atoms with van der Waals surface area (Å²) in [6.07, 6.45) is 2.49. The Kier molecular flexibility index (Phi) is 5.98. The first-order chi connectivity index (χ1) is 7.34. The van der Waals surface area contributed by atoms with Crippen molar-refractivity contribution in [1.29, 1.82) is 0 Å². The van der Waals surface area contributed by atoms with Gasteiger partial charge in [0, 0.05) is 0 Å². The Morgan fingerprint density at radius 3 is 2.69 bits per heavy atom. The maximum absolute atomic E-state index is 5.72. The van der Waals surface area contributed by atoms with Crippen molar-refractivity contribution < 1.29 is 4.74 Å². The van der Waals surface area contributed by atoms with Gasteiger partial charge in [-0.15, -0.1) is 17.5 Å². The highest BCUT2D eigenvalue weighted by Crippen LogP contribution is 2.10. The molecule has 0 unspecified atom stereocenters. The quantitative estimate of drug-likeness (QED) is 0.904. The second kappa shape index (κ2) is 7.01. The highest BCUT2D eigenvalue weighted by atomic mass is 35.5. The molecule has 90 valence electrons. The molecule has 4 nitrogen and oxygen atoms in total. The van der Waals surface area contributed by atoms with Crippen LogP contribution in [-0.2, 0) is 11.3 Å². The molecule has 1 N–H and O–H groups in total. The Labute approximate surface area is 106 Å².